The fourth-order valence-corrected chi connectivity index (χ4v) is 4.93. The maximum absolute atomic E-state index is 13.3. The first-order chi connectivity index (χ1) is 14.7. The van der Waals surface area contributed by atoms with Crippen LogP contribution in [0.5, 0.6) is 17.2 Å². The number of carbonyl (C=O) groups excluding carboxylic acids is 3. The minimum atomic E-state index is -0.718. The average Bonchev–Trinajstić information content (AvgIpc) is 2.69. The smallest absolute Gasteiger partial charge is 0.323 e. The number of ether oxygens (including phenoxy) is 3. The molecule has 31 heavy (non-hydrogen) atoms. The van der Waals surface area contributed by atoms with Crippen molar-refractivity contribution in [2.45, 2.75) is 38.8 Å². The molecule has 166 valence electrons. The van der Waals surface area contributed by atoms with Crippen molar-refractivity contribution in [3.63, 3.8) is 0 Å². The van der Waals surface area contributed by atoms with Crippen LogP contribution < -0.4 is 30.2 Å². The van der Waals surface area contributed by atoms with Gasteiger partial charge in [0.25, 0.3) is 0 Å². The Bertz CT molecular complexity index is 974. The normalized spacial score (nSPS) is 26.7. The van der Waals surface area contributed by atoms with E-state index >= 15 is 0 Å². The lowest BCUT2D eigenvalue weighted by molar-refractivity contribution is -0.127. The first-order valence-electron chi connectivity index (χ1n) is 10.1. The van der Waals surface area contributed by atoms with Crippen LogP contribution >= 0.6 is 0 Å². The molecule has 0 saturated carbocycles. The number of methoxy groups -OCH3 is 3. The highest BCUT2D eigenvalue weighted by Gasteiger charge is 2.51. The van der Waals surface area contributed by atoms with Gasteiger partial charge in [0, 0.05) is 23.6 Å². The third kappa shape index (κ3) is 3.47. The second-order valence-corrected chi connectivity index (χ2v) is 8.88. The largest absolute Gasteiger partial charge is 0.493 e. The molecule has 1 aliphatic carbocycles. The van der Waals surface area contributed by atoms with Crippen LogP contribution in [-0.4, -0.2) is 45.2 Å². The zero-order valence-electron chi connectivity index (χ0n) is 18.3. The van der Waals surface area contributed by atoms with Crippen LogP contribution in [0.2, 0.25) is 0 Å². The van der Waals surface area contributed by atoms with Crippen molar-refractivity contribution in [1.29, 1.82) is 0 Å². The second-order valence-electron chi connectivity index (χ2n) is 8.88. The number of nitrogens with one attached hydrogen (secondary N) is 3. The number of ketones is 1. The summed E-state index contributed by atoms with van der Waals surface area (Å²) in [5.41, 5.74) is 1.78. The van der Waals surface area contributed by atoms with Crippen molar-refractivity contribution in [2.24, 2.45) is 11.3 Å². The summed E-state index contributed by atoms with van der Waals surface area (Å²) in [6.45, 7) is 4.06. The Hall–Kier alpha value is -3.23. The van der Waals surface area contributed by atoms with Gasteiger partial charge in [-0.2, -0.15) is 0 Å². The summed E-state index contributed by atoms with van der Waals surface area (Å²) in [6.07, 6.45) is 0.376. The number of benzene rings is 1. The third-order valence-electron chi connectivity index (χ3n) is 6.15. The Morgan fingerprint density at radius 1 is 0.935 bits per heavy atom. The molecular formula is C22H27N3O6. The number of Topliss-reactive ketones (excluding diaryl/α,β-unsaturated/α-hetero) is 1. The van der Waals surface area contributed by atoms with Gasteiger partial charge in [0.2, 0.25) is 11.7 Å². The van der Waals surface area contributed by atoms with Crippen LogP contribution in [0.15, 0.2) is 23.4 Å². The SMILES string of the molecule is COc1cc(C2C3=C(CC(C)(C)CC3=O)NC3NC(=O)NC(=O)C32)cc(OC)c1OC. The van der Waals surface area contributed by atoms with Gasteiger partial charge in [0.1, 0.15) is 6.17 Å². The molecule has 0 aromatic heterocycles. The van der Waals surface area contributed by atoms with E-state index in [1.165, 1.54) is 21.3 Å². The molecule has 0 bridgehead atoms. The van der Waals surface area contributed by atoms with E-state index in [4.69, 9.17) is 14.2 Å². The molecule has 0 spiro atoms. The zero-order chi connectivity index (χ0) is 22.5. The molecule has 3 N–H and O–H groups in total. The van der Waals surface area contributed by atoms with Crippen molar-refractivity contribution in [1.82, 2.24) is 16.0 Å². The molecule has 0 radical (unpaired) electrons. The fraction of sp³-hybridized carbons (Fsp3) is 0.500. The van der Waals surface area contributed by atoms with Crippen molar-refractivity contribution >= 4 is 17.7 Å². The lowest BCUT2D eigenvalue weighted by Gasteiger charge is -2.46. The standard InChI is InChI=1S/C22H27N3O6/c1-22(2)8-11-16(12(26)9-22)15(17-19(23-11)24-21(28)25-20(17)27)10-6-13(29-3)18(31-5)14(7-10)30-4/h6-7,15,17,19,23H,8-9H2,1-5H3,(H2,24,25,27,28). The number of allylic oxidation sites excluding steroid dienone is 2. The molecule has 1 fully saturated rings. The first-order valence-corrected chi connectivity index (χ1v) is 10.1. The Kier molecular flexibility index (Phi) is 5.07. The van der Waals surface area contributed by atoms with Crippen LogP contribution in [0.1, 0.15) is 38.2 Å². The van der Waals surface area contributed by atoms with Crippen LogP contribution in [0.25, 0.3) is 0 Å². The maximum Gasteiger partial charge on any atom is 0.323 e. The molecule has 1 aromatic carbocycles. The summed E-state index contributed by atoms with van der Waals surface area (Å²) in [7, 11) is 4.54. The van der Waals surface area contributed by atoms with E-state index in [0.29, 0.717) is 41.2 Å². The quantitative estimate of drug-likeness (QED) is 0.669. The number of imide groups is 1. The molecular weight excluding hydrogens is 402 g/mol. The average molecular weight is 429 g/mol. The van der Waals surface area contributed by atoms with Crippen LogP contribution in [-0.2, 0) is 9.59 Å². The first kappa shape index (κ1) is 21.0. The van der Waals surface area contributed by atoms with Crippen molar-refractivity contribution in [2.75, 3.05) is 21.3 Å². The van der Waals surface area contributed by atoms with E-state index in [9.17, 15) is 14.4 Å². The Balaban J connectivity index is 1.93. The molecule has 9 nitrogen and oxygen atoms in total. The highest BCUT2D eigenvalue weighted by atomic mass is 16.5. The van der Waals surface area contributed by atoms with E-state index in [1.54, 1.807) is 12.1 Å². The lowest BCUT2D eigenvalue weighted by Crippen LogP contribution is -2.66. The van der Waals surface area contributed by atoms with Gasteiger partial charge in [-0.25, -0.2) is 4.79 Å². The summed E-state index contributed by atoms with van der Waals surface area (Å²) in [4.78, 5) is 38.2. The number of fused-ring (bicyclic) bond motifs is 1. The summed E-state index contributed by atoms with van der Waals surface area (Å²) in [5.74, 6) is -0.477. The zero-order valence-corrected chi connectivity index (χ0v) is 18.3. The van der Waals surface area contributed by atoms with Crippen molar-refractivity contribution < 1.29 is 28.6 Å². The second kappa shape index (κ2) is 7.47. The number of hydrogen-bond donors (Lipinski definition) is 3. The number of hydrogen-bond acceptors (Lipinski definition) is 7. The predicted octanol–water partition coefficient (Wildman–Crippen LogP) is 1.82. The lowest BCUT2D eigenvalue weighted by atomic mass is 9.66. The Morgan fingerprint density at radius 2 is 1.58 bits per heavy atom. The van der Waals surface area contributed by atoms with Crippen LogP contribution in [0.3, 0.4) is 0 Å². The summed E-state index contributed by atoms with van der Waals surface area (Å²) in [6, 6.07) is 2.96. The molecule has 4 rings (SSSR count). The topological polar surface area (TPSA) is 115 Å². The van der Waals surface area contributed by atoms with E-state index in [-0.39, 0.29) is 11.2 Å². The molecule has 2 heterocycles. The molecule has 3 aliphatic rings. The molecule has 3 unspecified atom stereocenters. The third-order valence-corrected chi connectivity index (χ3v) is 6.15. The van der Waals surface area contributed by atoms with Gasteiger partial charge in [0.05, 0.1) is 27.2 Å². The van der Waals surface area contributed by atoms with Crippen LogP contribution in [0, 0.1) is 11.3 Å². The van der Waals surface area contributed by atoms with Crippen molar-refractivity contribution in [3.05, 3.63) is 29.0 Å². The van der Waals surface area contributed by atoms with Gasteiger partial charge in [-0.3, -0.25) is 14.9 Å². The minimum Gasteiger partial charge on any atom is -0.493 e. The highest BCUT2D eigenvalue weighted by Crippen LogP contribution is 2.50. The summed E-state index contributed by atoms with van der Waals surface area (Å²) >= 11 is 0. The van der Waals surface area contributed by atoms with Gasteiger partial charge < -0.3 is 24.8 Å². The van der Waals surface area contributed by atoms with Gasteiger partial charge in [0.15, 0.2) is 17.3 Å². The number of amides is 3. The van der Waals surface area contributed by atoms with Crippen molar-refractivity contribution in [3.8, 4) is 17.2 Å². The van der Waals surface area contributed by atoms with Gasteiger partial charge >= 0.3 is 6.03 Å². The van der Waals surface area contributed by atoms with Gasteiger partial charge in [-0.1, -0.05) is 13.8 Å². The molecule has 2 aliphatic heterocycles. The molecule has 1 aromatic rings. The summed E-state index contributed by atoms with van der Waals surface area (Å²) < 4.78 is 16.4. The maximum atomic E-state index is 13.3. The molecule has 3 amide bonds. The van der Waals surface area contributed by atoms with E-state index in [2.05, 4.69) is 16.0 Å². The van der Waals surface area contributed by atoms with Crippen LogP contribution in [0.4, 0.5) is 4.79 Å². The van der Waals surface area contributed by atoms with E-state index in [1.807, 2.05) is 13.8 Å². The van der Waals surface area contributed by atoms with Gasteiger partial charge in [-0.05, 0) is 29.5 Å². The highest BCUT2D eigenvalue weighted by molar-refractivity contribution is 6.04. The minimum absolute atomic E-state index is 0.0133. The molecule has 9 heteroatoms. The predicted molar refractivity (Wildman–Crippen MR) is 111 cm³/mol. The monoisotopic (exact) mass is 429 g/mol. The Morgan fingerprint density at radius 3 is 2.16 bits per heavy atom. The number of carbonyl (C=O) groups is 3. The van der Waals surface area contributed by atoms with Gasteiger partial charge in [-0.15, -0.1) is 0 Å². The molecule has 3 atom stereocenters. The molecule has 1 saturated heterocycles. The fourth-order valence-electron chi connectivity index (χ4n) is 4.93. The number of urea groups is 1. The number of rotatable bonds is 4. The van der Waals surface area contributed by atoms with E-state index < -0.39 is 29.9 Å². The summed E-state index contributed by atoms with van der Waals surface area (Å²) in [5, 5.41) is 8.39. The van der Waals surface area contributed by atoms with E-state index in [0.717, 1.165) is 5.70 Å². The Labute approximate surface area is 180 Å².